The standard InChI is InChI=1S/C18H20ClN3O3/c1-24-16-4-2-3-12(9-16)17(23)22-14-5-7-15(8-6-14)25-18-20-10-13(19)11-21-18/h2-4,9-11,14-15H,5-8H2,1H3,(H,22,23). The molecule has 25 heavy (non-hydrogen) atoms. The van der Waals surface area contributed by atoms with E-state index in [1.807, 2.05) is 12.1 Å². The number of benzene rings is 1. The first-order chi connectivity index (χ1) is 12.1. The molecule has 6 nitrogen and oxygen atoms in total. The maximum absolute atomic E-state index is 12.4. The lowest BCUT2D eigenvalue weighted by Crippen LogP contribution is -2.39. The number of carbonyl (C=O) groups is 1. The van der Waals surface area contributed by atoms with Gasteiger partial charge in [-0.05, 0) is 43.9 Å². The minimum atomic E-state index is -0.0793. The van der Waals surface area contributed by atoms with Gasteiger partial charge in [0.15, 0.2) is 0 Å². The molecule has 0 unspecified atom stereocenters. The summed E-state index contributed by atoms with van der Waals surface area (Å²) in [5.74, 6) is 0.594. The Hall–Kier alpha value is -2.34. The largest absolute Gasteiger partial charge is 0.497 e. The van der Waals surface area contributed by atoms with E-state index >= 15 is 0 Å². The van der Waals surface area contributed by atoms with E-state index in [1.165, 1.54) is 12.4 Å². The summed E-state index contributed by atoms with van der Waals surface area (Å²) in [6.07, 6.45) is 6.49. The fourth-order valence-corrected chi connectivity index (χ4v) is 2.97. The van der Waals surface area contributed by atoms with Gasteiger partial charge in [0, 0.05) is 11.6 Å². The highest BCUT2D eigenvalue weighted by Gasteiger charge is 2.24. The molecule has 0 radical (unpaired) electrons. The molecule has 3 rings (SSSR count). The van der Waals surface area contributed by atoms with Crippen LogP contribution in [0.2, 0.25) is 5.02 Å². The van der Waals surface area contributed by atoms with Crippen LogP contribution in [0, 0.1) is 0 Å². The van der Waals surface area contributed by atoms with Gasteiger partial charge in [-0.15, -0.1) is 0 Å². The van der Waals surface area contributed by atoms with Crippen LogP contribution < -0.4 is 14.8 Å². The van der Waals surface area contributed by atoms with E-state index in [-0.39, 0.29) is 18.1 Å². The number of rotatable bonds is 5. The molecule has 132 valence electrons. The van der Waals surface area contributed by atoms with Gasteiger partial charge in [-0.1, -0.05) is 17.7 Å². The third kappa shape index (κ3) is 4.82. The molecule has 1 heterocycles. The van der Waals surface area contributed by atoms with Gasteiger partial charge in [0.05, 0.1) is 24.5 Å². The molecule has 1 fully saturated rings. The fourth-order valence-electron chi connectivity index (χ4n) is 2.87. The van der Waals surface area contributed by atoms with Gasteiger partial charge in [-0.2, -0.15) is 0 Å². The number of carbonyl (C=O) groups excluding carboxylic acids is 1. The molecule has 1 aliphatic rings. The lowest BCUT2D eigenvalue weighted by atomic mass is 9.92. The molecule has 0 aliphatic heterocycles. The minimum Gasteiger partial charge on any atom is -0.497 e. The van der Waals surface area contributed by atoms with Crippen molar-refractivity contribution in [2.45, 2.75) is 37.8 Å². The van der Waals surface area contributed by atoms with E-state index in [1.54, 1.807) is 19.2 Å². The molecule has 0 spiro atoms. The van der Waals surface area contributed by atoms with Crippen molar-refractivity contribution in [2.75, 3.05) is 7.11 Å². The van der Waals surface area contributed by atoms with Crippen LogP contribution in [-0.4, -0.2) is 35.1 Å². The molecule has 1 aromatic heterocycles. The van der Waals surface area contributed by atoms with Crippen LogP contribution in [0.5, 0.6) is 11.8 Å². The first kappa shape index (κ1) is 17.5. The zero-order chi connectivity index (χ0) is 17.6. The predicted octanol–water partition coefficient (Wildman–Crippen LogP) is 3.26. The summed E-state index contributed by atoms with van der Waals surface area (Å²) < 4.78 is 10.9. The van der Waals surface area contributed by atoms with Crippen molar-refractivity contribution in [3.63, 3.8) is 0 Å². The molecule has 1 aliphatic carbocycles. The van der Waals surface area contributed by atoms with E-state index in [9.17, 15) is 4.79 Å². The van der Waals surface area contributed by atoms with Gasteiger partial charge < -0.3 is 14.8 Å². The Bertz CT molecular complexity index is 716. The number of hydrogen-bond donors (Lipinski definition) is 1. The molecule has 2 aromatic rings. The first-order valence-corrected chi connectivity index (χ1v) is 8.61. The van der Waals surface area contributed by atoms with Crippen LogP contribution in [0.15, 0.2) is 36.7 Å². The second-order valence-corrected chi connectivity index (χ2v) is 6.42. The molecule has 1 aromatic carbocycles. The van der Waals surface area contributed by atoms with Crippen molar-refractivity contribution in [3.05, 3.63) is 47.2 Å². The highest BCUT2D eigenvalue weighted by Crippen LogP contribution is 2.23. The maximum Gasteiger partial charge on any atom is 0.316 e. The number of methoxy groups -OCH3 is 1. The summed E-state index contributed by atoms with van der Waals surface area (Å²) in [6, 6.07) is 7.63. The lowest BCUT2D eigenvalue weighted by Gasteiger charge is -2.28. The van der Waals surface area contributed by atoms with E-state index < -0.39 is 0 Å². The topological polar surface area (TPSA) is 73.3 Å². The second kappa shape index (κ2) is 8.16. The number of nitrogens with zero attached hydrogens (tertiary/aromatic N) is 2. The zero-order valence-electron chi connectivity index (χ0n) is 13.9. The minimum absolute atomic E-state index is 0.0612. The predicted molar refractivity (Wildman–Crippen MR) is 94.2 cm³/mol. The molecule has 1 N–H and O–H groups in total. The van der Waals surface area contributed by atoms with Crippen LogP contribution in [0.1, 0.15) is 36.0 Å². The molecule has 1 amide bonds. The van der Waals surface area contributed by atoms with E-state index in [2.05, 4.69) is 15.3 Å². The summed E-state index contributed by atoms with van der Waals surface area (Å²) in [7, 11) is 1.59. The summed E-state index contributed by atoms with van der Waals surface area (Å²) in [5, 5.41) is 3.56. The van der Waals surface area contributed by atoms with Crippen molar-refractivity contribution >= 4 is 17.5 Å². The molecule has 0 atom stereocenters. The van der Waals surface area contributed by atoms with Gasteiger partial charge in [0.2, 0.25) is 0 Å². The zero-order valence-corrected chi connectivity index (χ0v) is 14.7. The number of hydrogen-bond acceptors (Lipinski definition) is 5. The number of aromatic nitrogens is 2. The van der Waals surface area contributed by atoms with Crippen molar-refractivity contribution in [3.8, 4) is 11.8 Å². The normalized spacial score (nSPS) is 19.9. The lowest BCUT2D eigenvalue weighted by molar-refractivity contribution is 0.0885. The Balaban J connectivity index is 1.48. The SMILES string of the molecule is COc1cccc(C(=O)NC2CCC(Oc3ncc(Cl)cn3)CC2)c1. The highest BCUT2D eigenvalue weighted by atomic mass is 35.5. The Labute approximate surface area is 151 Å². The monoisotopic (exact) mass is 361 g/mol. The number of halogens is 1. The van der Waals surface area contributed by atoms with E-state index in [0.717, 1.165) is 25.7 Å². The van der Waals surface area contributed by atoms with Gasteiger partial charge in [0.25, 0.3) is 5.91 Å². The van der Waals surface area contributed by atoms with Crippen molar-refractivity contribution < 1.29 is 14.3 Å². The molecule has 0 bridgehead atoms. The highest BCUT2D eigenvalue weighted by molar-refractivity contribution is 6.30. The first-order valence-electron chi connectivity index (χ1n) is 8.23. The number of nitrogens with one attached hydrogen (secondary N) is 1. The molecule has 1 saturated carbocycles. The van der Waals surface area contributed by atoms with Gasteiger partial charge in [-0.3, -0.25) is 4.79 Å². The summed E-state index contributed by atoms with van der Waals surface area (Å²) in [4.78, 5) is 20.5. The Morgan fingerprint density at radius 2 is 1.92 bits per heavy atom. The van der Waals surface area contributed by atoms with Crippen LogP contribution in [0.25, 0.3) is 0 Å². The average molecular weight is 362 g/mol. The van der Waals surface area contributed by atoms with E-state index in [4.69, 9.17) is 21.1 Å². The smallest absolute Gasteiger partial charge is 0.316 e. The van der Waals surface area contributed by atoms with Crippen LogP contribution in [-0.2, 0) is 0 Å². The summed E-state index contributed by atoms with van der Waals surface area (Å²) >= 11 is 5.76. The maximum atomic E-state index is 12.4. The van der Waals surface area contributed by atoms with Crippen molar-refractivity contribution in [1.29, 1.82) is 0 Å². The molecular weight excluding hydrogens is 342 g/mol. The molecular formula is C18H20ClN3O3. The summed E-state index contributed by atoms with van der Waals surface area (Å²) in [5.41, 5.74) is 0.604. The molecule has 0 saturated heterocycles. The van der Waals surface area contributed by atoms with Gasteiger partial charge in [-0.25, -0.2) is 9.97 Å². The quantitative estimate of drug-likeness (QED) is 0.884. The van der Waals surface area contributed by atoms with Crippen LogP contribution >= 0.6 is 11.6 Å². The summed E-state index contributed by atoms with van der Waals surface area (Å²) in [6.45, 7) is 0. The third-order valence-electron chi connectivity index (χ3n) is 4.21. The van der Waals surface area contributed by atoms with Crippen molar-refractivity contribution in [2.24, 2.45) is 0 Å². The average Bonchev–Trinajstić information content (AvgIpc) is 2.65. The Morgan fingerprint density at radius 3 is 2.60 bits per heavy atom. The number of ether oxygens (including phenoxy) is 2. The fraction of sp³-hybridized carbons (Fsp3) is 0.389. The molecule has 7 heteroatoms. The van der Waals surface area contributed by atoms with Gasteiger partial charge in [0.1, 0.15) is 11.9 Å². The third-order valence-corrected chi connectivity index (χ3v) is 4.41. The number of amides is 1. The van der Waals surface area contributed by atoms with E-state index in [0.29, 0.717) is 22.3 Å². The Kier molecular flexibility index (Phi) is 5.71. The van der Waals surface area contributed by atoms with Crippen LogP contribution in [0.3, 0.4) is 0 Å². The van der Waals surface area contributed by atoms with Crippen LogP contribution in [0.4, 0.5) is 0 Å². The Morgan fingerprint density at radius 1 is 1.20 bits per heavy atom. The van der Waals surface area contributed by atoms with Crippen molar-refractivity contribution in [1.82, 2.24) is 15.3 Å². The second-order valence-electron chi connectivity index (χ2n) is 5.98. The van der Waals surface area contributed by atoms with Gasteiger partial charge >= 0.3 is 6.01 Å².